The van der Waals surface area contributed by atoms with Gasteiger partial charge in [-0.05, 0) is 38.4 Å². The van der Waals surface area contributed by atoms with Gasteiger partial charge in [0.15, 0.2) is 5.75 Å². The molecule has 0 amide bonds. The molecule has 0 unspecified atom stereocenters. The first-order valence-corrected chi connectivity index (χ1v) is 9.40. The molecule has 1 heterocycles. The average molecular weight is 394 g/mol. The summed E-state index contributed by atoms with van der Waals surface area (Å²) in [6.07, 6.45) is 2.21. The second-order valence-electron chi connectivity index (χ2n) is 5.69. The van der Waals surface area contributed by atoms with E-state index in [4.69, 9.17) is 4.74 Å². The fourth-order valence-electron chi connectivity index (χ4n) is 2.92. The van der Waals surface area contributed by atoms with E-state index in [2.05, 4.69) is 5.32 Å². The number of nitrogens with one attached hydrogen (secondary N) is 1. The average Bonchev–Trinajstić information content (AvgIpc) is 2.59. The molecular formula is C15H24ClN3O5S. The highest BCUT2D eigenvalue weighted by molar-refractivity contribution is 7.89. The van der Waals surface area contributed by atoms with Crippen LogP contribution in [0.4, 0.5) is 5.69 Å². The fourth-order valence-corrected chi connectivity index (χ4v) is 4.71. The Hall–Kier alpha value is -1.42. The Balaban J connectivity index is 0.00000312. The summed E-state index contributed by atoms with van der Waals surface area (Å²) in [6.45, 7) is 3.92. The lowest BCUT2D eigenvalue weighted by Gasteiger charge is -2.33. The van der Waals surface area contributed by atoms with Gasteiger partial charge in [0.05, 0.1) is 16.9 Å². The highest BCUT2D eigenvalue weighted by Gasteiger charge is 2.32. The molecule has 0 bridgehead atoms. The molecule has 10 heteroatoms. The van der Waals surface area contributed by atoms with Gasteiger partial charge < -0.3 is 10.1 Å². The lowest BCUT2D eigenvalue weighted by molar-refractivity contribution is -0.385. The number of nitro benzene ring substituents is 1. The molecular weight excluding hydrogens is 370 g/mol. The number of sulfonamides is 1. The first kappa shape index (κ1) is 21.6. The molecule has 1 aliphatic rings. The van der Waals surface area contributed by atoms with Crippen LogP contribution in [0.3, 0.4) is 0 Å². The molecule has 1 aromatic carbocycles. The molecule has 1 aliphatic heterocycles. The van der Waals surface area contributed by atoms with Gasteiger partial charge in [-0.2, -0.15) is 4.31 Å². The molecule has 2 rings (SSSR count). The molecule has 0 spiro atoms. The summed E-state index contributed by atoms with van der Waals surface area (Å²) in [4.78, 5) is 10.4. The van der Waals surface area contributed by atoms with Crippen molar-refractivity contribution in [2.45, 2.75) is 37.1 Å². The Labute approximate surface area is 154 Å². The molecule has 1 aromatic rings. The summed E-state index contributed by atoms with van der Waals surface area (Å²) in [7, 11) is -2.45. The Morgan fingerprint density at radius 1 is 1.36 bits per heavy atom. The van der Waals surface area contributed by atoms with Crippen LogP contribution in [0.1, 0.15) is 26.2 Å². The maximum absolute atomic E-state index is 13.1. The first-order chi connectivity index (χ1) is 11.4. The maximum atomic E-state index is 13.1. The van der Waals surface area contributed by atoms with E-state index >= 15 is 0 Å². The van der Waals surface area contributed by atoms with Gasteiger partial charge in [-0.1, -0.05) is 6.92 Å². The van der Waals surface area contributed by atoms with Crippen molar-refractivity contribution in [1.82, 2.24) is 9.62 Å². The van der Waals surface area contributed by atoms with E-state index in [1.807, 2.05) is 6.92 Å². The molecule has 0 saturated carbocycles. The molecule has 142 valence electrons. The minimum atomic E-state index is -3.73. The predicted molar refractivity (Wildman–Crippen MR) is 97.0 cm³/mol. The number of hydrogen-bond acceptors (Lipinski definition) is 6. The molecule has 0 radical (unpaired) electrons. The lowest BCUT2D eigenvalue weighted by atomic mass is 10.1. The summed E-state index contributed by atoms with van der Waals surface area (Å²) in [5, 5.41) is 14.2. The topological polar surface area (TPSA) is 102 Å². The van der Waals surface area contributed by atoms with Gasteiger partial charge in [0, 0.05) is 24.7 Å². The molecule has 1 saturated heterocycles. The van der Waals surface area contributed by atoms with E-state index in [-0.39, 0.29) is 34.8 Å². The number of hydrogen-bond donors (Lipinski definition) is 1. The van der Waals surface area contributed by atoms with Crippen molar-refractivity contribution in [1.29, 1.82) is 0 Å². The summed E-state index contributed by atoms with van der Waals surface area (Å²) in [5.74, 6) is -0.0529. The van der Waals surface area contributed by atoms with Crippen molar-refractivity contribution in [3.8, 4) is 5.75 Å². The Morgan fingerprint density at radius 3 is 2.52 bits per heavy atom. The van der Waals surface area contributed by atoms with Gasteiger partial charge in [0.2, 0.25) is 10.0 Å². The van der Waals surface area contributed by atoms with Crippen LogP contribution < -0.4 is 10.1 Å². The van der Waals surface area contributed by atoms with Crippen LogP contribution in [-0.2, 0) is 10.0 Å². The SMILES string of the molecule is CCCN(C1CCNCC1)S(=O)(=O)c1ccc([N+](=O)[O-])c(OC)c1.Cl. The highest BCUT2D eigenvalue weighted by atomic mass is 35.5. The maximum Gasteiger partial charge on any atom is 0.310 e. The van der Waals surface area contributed by atoms with Gasteiger partial charge >= 0.3 is 5.69 Å². The van der Waals surface area contributed by atoms with Crippen LogP contribution in [0, 0.1) is 10.1 Å². The van der Waals surface area contributed by atoms with E-state index in [0.29, 0.717) is 13.0 Å². The van der Waals surface area contributed by atoms with E-state index in [0.717, 1.165) is 25.9 Å². The predicted octanol–water partition coefficient (Wildman–Crippen LogP) is 2.18. The number of nitro groups is 1. The van der Waals surface area contributed by atoms with Crippen LogP contribution in [-0.4, -0.2) is 50.4 Å². The van der Waals surface area contributed by atoms with Crippen molar-refractivity contribution in [2.24, 2.45) is 0 Å². The summed E-state index contributed by atoms with van der Waals surface area (Å²) < 4.78 is 32.6. The largest absolute Gasteiger partial charge is 0.490 e. The van der Waals surface area contributed by atoms with Gasteiger partial charge in [-0.25, -0.2) is 8.42 Å². The van der Waals surface area contributed by atoms with Crippen LogP contribution in [0.2, 0.25) is 0 Å². The number of halogens is 1. The van der Waals surface area contributed by atoms with Gasteiger partial charge in [-0.3, -0.25) is 10.1 Å². The normalized spacial score (nSPS) is 15.6. The number of rotatable bonds is 7. The summed E-state index contributed by atoms with van der Waals surface area (Å²) in [6, 6.07) is 3.63. The van der Waals surface area contributed by atoms with Crippen molar-refractivity contribution in [3.05, 3.63) is 28.3 Å². The van der Waals surface area contributed by atoms with Crippen molar-refractivity contribution < 1.29 is 18.1 Å². The number of piperidine rings is 1. The molecule has 0 aliphatic carbocycles. The van der Waals surface area contributed by atoms with Gasteiger partial charge in [-0.15, -0.1) is 12.4 Å². The fraction of sp³-hybridized carbons (Fsp3) is 0.600. The molecule has 1 N–H and O–H groups in total. The molecule has 25 heavy (non-hydrogen) atoms. The van der Waals surface area contributed by atoms with E-state index in [9.17, 15) is 18.5 Å². The van der Waals surface area contributed by atoms with Crippen LogP contribution in [0.5, 0.6) is 5.75 Å². The van der Waals surface area contributed by atoms with Gasteiger partial charge in [0.25, 0.3) is 0 Å². The van der Waals surface area contributed by atoms with Crippen LogP contribution in [0.15, 0.2) is 23.1 Å². The van der Waals surface area contributed by atoms with Crippen molar-refractivity contribution >= 4 is 28.1 Å². The van der Waals surface area contributed by atoms with Gasteiger partial charge in [0.1, 0.15) is 0 Å². The molecule has 1 fully saturated rings. The number of ether oxygens (including phenoxy) is 1. The third-order valence-electron chi connectivity index (χ3n) is 4.11. The number of methoxy groups -OCH3 is 1. The van der Waals surface area contributed by atoms with E-state index in [1.165, 1.54) is 29.6 Å². The standard InChI is InChI=1S/C15H23N3O5S.ClH/c1-3-10-17(12-6-8-16-9-7-12)24(21,22)13-4-5-14(18(19)20)15(11-13)23-2;/h4-5,11-12,16H,3,6-10H2,1-2H3;1H. The second-order valence-corrected chi connectivity index (χ2v) is 7.58. The highest BCUT2D eigenvalue weighted by Crippen LogP contribution is 2.31. The molecule has 0 atom stereocenters. The number of benzene rings is 1. The zero-order valence-electron chi connectivity index (χ0n) is 14.3. The zero-order chi connectivity index (χ0) is 17.7. The van der Waals surface area contributed by atoms with Crippen LogP contribution >= 0.6 is 12.4 Å². The van der Waals surface area contributed by atoms with Crippen molar-refractivity contribution in [2.75, 3.05) is 26.7 Å². The third kappa shape index (κ3) is 4.81. The molecule has 8 nitrogen and oxygen atoms in total. The quantitative estimate of drug-likeness (QED) is 0.562. The Kier molecular flexibility index (Phi) is 8.07. The lowest BCUT2D eigenvalue weighted by Crippen LogP contribution is -2.46. The number of nitrogens with zero attached hydrogens (tertiary/aromatic N) is 2. The Morgan fingerprint density at radius 2 is 2.00 bits per heavy atom. The van der Waals surface area contributed by atoms with E-state index < -0.39 is 14.9 Å². The Bertz CT molecular complexity index is 692. The summed E-state index contributed by atoms with van der Waals surface area (Å²) in [5.41, 5.74) is -0.250. The van der Waals surface area contributed by atoms with Crippen LogP contribution in [0.25, 0.3) is 0 Å². The smallest absolute Gasteiger partial charge is 0.310 e. The minimum Gasteiger partial charge on any atom is -0.490 e. The monoisotopic (exact) mass is 393 g/mol. The molecule has 0 aromatic heterocycles. The second kappa shape index (κ2) is 9.33. The minimum absolute atomic E-state index is 0. The zero-order valence-corrected chi connectivity index (χ0v) is 15.9. The third-order valence-corrected chi connectivity index (χ3v) is 6.06. The summed E-state index contributed by atoms with van der Waals surface area (Å²) >= 11 is 0. The van der Waals surface area contributed by atoms with Crippen molar-refractivity contribution in [3.63, 3.8) is 0 Å². The van der Waals surface area contributed by atoms with E-state index in [1.54, 1.807) is 0 Å². The first-order valence-electron chi connectivity index (χ1n) is 7.96.